The minimum atomic E-state index is 0.729. The molecule has 0 saturated carbocycles. The van der Waals surface area contributed by atoms with Crippen molar-refractivity contribution in [3.63, 3.8) is 0 Å². The van der Waals surface area contributed by atoms with Crippen LogP contribution in [0.15, 0.2) is 42.9 Å². The maximum absolute atomic E-state index is 4.23. The summed E-state index contributed by atoms with van der Waals surface area (Å²) in [7, 11) is 0. The molecule has 0 amide bonds. The number of para-hydroxylation sites is 1. The summed E-state index contributed by atoms with van der Waals surface area (Å²) in [5.74, 6) is 1.66. The molecule has 0 aliphatic rings. The van der Waals surface area contributed by atoms with Crippen molar-refractivity contribution in [3.05, 3.63) is 48.4 Å². The summed E-state index contributed by atoms with van der Waals surface area (Å²) < 4.78 is 0. The van der Waals surface area contributed by atoms with Crippen LogP contribution in [0.25, 0.3) is 10.9 Å². The van der Waals surface area contributed by atoms with Gasteiger partial charge in [-0.2, -0.15) is 0 Å². The lowest BCUT2D eigenvalue weighted by atomic mass is 10.2. The van der Waals surface area contributed by atoms with E-state index in [-0.39, 0.29) is 0 Å². The zero-order valence-electron chi connectivity index (χ0n) is 11.4. The normalized spacial score (nSPS) is 10.7. The molecule has 0 spiro atoms. The third-order valence-electron chi connectivity index (χ3n) is 3.16. The summed E-state index contributed by atoms with van der Waals surface area (Å²) >= 11 is 0. The molecule has 2 aromatic heterocycles. The maximum Gasteiger partial charge on any atom is 0.131 e. The monoisotopic (exact) mass is 267 g/mol. The lowest BCUT2D eigenvalue weighted by molar-refractivity contribution is 1.07. The van der Waals surface area contributed by atoms with Gasteiger partial charge in [0.05, 0.1) is 0 Å². The third-order valence-corrected chi connectivity index (χ3v) is 3.16. The van der Waals surface area contributed by atoms with Gasteiger partial charge in [0, 0.05) is 36.3 Å². The highest BCUT2D eigenvalue weighted by atomic mass is 15.1. The molecule has 1 aromatic carbocycles. The number of fused-ring (bicyclic) bond motifs is 1. The molecule has 2 heterocycles. The second-order valence-corrected chi connectivity index (χ2v) is 4.53. The molecule has 0 fully saturated rings. The summed E-state index contributed by atoms with van der Waals surface area (Å²) in [6.45, 7) is 3.62. The van der Waals surface area contributed by atoms with E-state index < -0.39 is 0 Å². The molecular weight excluding hydrogens is 250 g/mol. The molecule has 0 atom stereocenters. The summed E-state index contributed by atoms with van der Waals surface area (Å²) in [6, 6.07) is 10.2. The van der Waals surface area contributed by atoms with Gasteiger partial charge in [-0.25, -0.2) is 9.97 Å². The molecule has 5 nitrogen and oxygen atoms in total. The average Bonchev–Trinajstić information content (AvgIpc) is 2.89. The quantitative estimate of drug-likeness (QED) is 0.665. The van der Waals surface area contributed by atoms with Gasteiger partial charge in [0.15, 0.2) is 0 Å². The SMILES string of the molecule is CCNc1cc(NCc2c[nH]c3ccccc23)ncn1. The van der Waals surface area contributed by atoms with Crippen LogP contribution in [-0.2, 0) is 6.54 Å². The van der Waals surface area contributed by atoms with Gasteiger partial charge in [0.1, 0.15) is 18.0 Å². The number of rotatable bonds is 5. The number of hydrogen-bond donors (Lipinski definition) is 3. The Morgan fingerprint density at radius 1 is 1.10 bits per heavy atom. The van der Waals surface area contributed by atoms with Gasteiger partial charge in [-0.05, 0) is 18.6 Å². The lowest BCUT2D eigenvalue weighted by Gasteiger charge is -2.07. The number of nitrogens with zero attached hydrogens (tertiary/aromatic N) is 2. The smallest absolute Gasteiger partial charge is 0.131 e. The zero-order chi connectivity index (χ0) is 13.8. The van der Waals surface area contributed by atoms with E-state index in [1.807, 2.05) is 31.3 Å². The van der Waals surface area contributed by atoms with E-state index in [9.17, 15) is 0 Å². The predicted molar refractivity (Wildman–Crippen MR) is 81.8 cm³/mol. The van der Waals surface area contributed by atoms with Crippen LogP contribution in [0.2, 0.25) is 0 Å². The van der Waals surface area contributed by atoms with Crippen molar-refractivity contribution in [2.24, 2.45) is 0 Å². The molecule has 102 valence electrons. The van der Waals surface area contributed by atoms with Crippen LogP contribution in [0.3, 0.4) is 0 Å². The minimum absolute atomic E-state index is 0.729. The first-order valence-corrected chi connectivity index (χ1v) is 6.71. The number of aromatic nitrogens is 3. The lowest BCUT2D eigenvalue weighted by Crippen LogP contribution is -2.04. The molecule has 0 aliphatic carbocycles. The van der Waals surface area contributed by atoms with Crippen molar-refractivity contribution in [1.29, 1.82) is 0 Å². The molecule has 20 heavy (non-hydrogen) atoms. The van der Waals surface area contributed by atoms with Crippen LogP contribution in [0.1, 0.15) is 12.5 Å². The Hall–Kier alpha value is -2.56. The number of H-pyrrole nitrogens is 1. The summed E-state index contributed by atoms with van der Waals surface area (Å²) in [5.41, 5.74) is 2.38. The number of nitrogens with one attached hydrogen (secondary N) is 3. The van der Waals surface area contributed by atoms with E-state index in [0.29, 0.717) is 0 Å². The highest BCUT2D eigenvalue weighted by Crippen LogP contribution is 2.19. The van der Waals surface area contributed by atoms with Crippen molar-refractivity contribution in [2.45, 2.75) is 13.5 Å². The van der Waals surface area contributed by atoms with Gasteiger partial charge < -0.3 is 15.6 Å². The second kappa shape index (κ2) is 5.61. The number of benzene rings is 1. The predicted octanol–water partition coefficient (Wildman–Crippen LogP) is 3.00. The Morgan fingerprint density at radius 2 is 1.90 bits per heavy atom. The van der Waals surface area contributed by atoms with E-state index in [4.69, 9.17) is 0 Å². The van der Waals surface area contributed by atoms with Crippen LogP contribution in [0.5, 0.6) is 0 Å². The van der Waals surface area contributed by atoms with Gasteiger partial charge >= 0.3 is 0 Å². The van der Waals surface area contributed by atoms with Crippen molar-refractivity contribution >= 4 is 22.5 Å². The highest BCUT2D eigenvalue weighted by Gasteiger charge is 2.03. The first-order chi connectivity index (χ1) is 9.86. The number of anilines is 2. The van der Waals surface area contributed by atoms with E-state index in [0.717, 1.165) is 30.2 Å². The average molecular weight is 267 g/mol. The summed E-state index contributed by atoms with van der Waals surface area (Å²) in [5, 5.41) is 7.74. The number of hydrogen-bond acceptors (Lipinski definition) is 4. The van der Waals surface area contributed by atoms with Crippen LogP contribution in [-0.4, -0.2) is 21.5 Å². The molecule has 3 N–H and O–H groups in total. The van der Waals surface area contributed by atoms with E-state index >= 15 is 0 Å². The van der Waals surface area contributed by atoms with Gasteiger partial charge in [-0.15, -0.1) is 0 Å². The fraction of sp³-hybridized carbons (Fsp3) is 0.200. The molecule has 0 radical (unpaired) electrons. The molecule has 0 saturated heterocycles. The molecule has 3 aromatic rings. The molecule has 0 bridgehead atoms. The van der Waals surface area contributed by atoms with Crippen molar-refractivity contribution in [2.75, 3.05) is 17.2 Å². The van der Waals surface area contributed by atoms with E-state index in [1.54, 1.807) is 6.33 Å². The Bertz CT molecular complexity index is 704. The molecule has 0 unspecified atom stereocenters. The van der Waals surface area contributed by atoms with Crippen molar-refractivity contribution in [1.82, 2.24) is 15.0 Å². The van der Waals surface area contributed by atoms with Gasteiger partial charge in [0.25, 0.3) is 0 Å². The zero-order valence-corrected chi connectivity index (χ0v) is 11.4. The Labute approximate surface area is 117 Å². The Morgan fingerprint density at radius 3 is 2.75 bits per heavy atom. The van der Waals surface area contributed by atoms with E-state index in [2.05, 4.69) is 37.7 Å². The van der Waals surface area contributed by atoms with Gasteiger partial charge in [-0.3, -0.25) is 0 Å². The first-order valence-electron chi connectivity index (χ1n) is 6.71. The fourth-order valence-electron chi connectivity index (χ4n) is 2.20. The Balaban J connectivity index is 1.74. The fourth-order valence-corrected chi connectivity index (χ4v) is 2.20. The molecule has 3 rings (SSSR count). The van der Waals surface area contributed by atoms with Gasteiger partial charge in [0.2, 0.25) is 0 Å². The van der Waals surface area contributed by atoms with Crippen LogP contribution >= 0.6 is 0 Å². The van der Waals surface area contributed by atoms with E-state index in [1.165, 1.54) is 10.9 Å². The van der Waals surface area contributed by atoms with Crippen LogP contribution < -0.4 is 10.6 Å². The molecule has 0 aliphatic heterocycles. The van der Waals surface area contributed by atoms with Crippen LogP contribution in [0.4, 0.5) is 11.6 Å². The summed E-state index contributed by atoms with van der Waals surface area (Å²) in [6.07, 6.45) is 3.60. The second-order valence-electron chi connectivity index (χ2n) is 4.53. The molecular formula is C15H17N5. The Kier molecular flexibility index (Phi) is 3.50. The maximum atomic E-state index is 4.23. The highest BCUT2D eigenvalue weighted by molar-refractivity contribution is 5.83. The van der Waals surface area contributed by atoms with Crippen LogP contribution in [0, 0.1) is 0 Å². The van der Waals surface area contributed by atoms with Crippen molar-refractivity contribution < 1.29 is 0 Å². The first kappa shape index (κ1) is 12.5. The standard InChI is InChI=1S/C15H17N5/c1-2-16-14-7-15(20-10-19-14)18-9-11-8-17-13-6-4-3-5-12(11)13/h3-8,10,17H,2,9H2,1H3,(H2,16,18,19,20). The van der Waals surface area contributed by atoms with Crippen molar-refractivity contribution in [3.8, 4) is 0 Å². The molecule has 5 heteroatoms. The number of aromatic amines is 1. The largest absolute Gasteiger partial charge is 0.370 e. The van der Waals surface area contributed by atoms with Gasteiger partial charge in [-0.1, -0.05) is 18.2 Å². The summed E-state index contributed by atoms with van der Waals surface area (Å²) in [4.78, 5) is 11.7. The topological polar surface area (TPSA) is 65.6 Å². The third kappa shape index (κ3) is 2.56. The minimum Gasteiger partial charge on any atom is -0.370 e.